The summed E-state index contributed by atoms with van der Waals surface area (Å²) in [7, 11) is -1.68. The fourth-order valence-electron chi connectivity index (χ4n) is 3.35. The van der Waals surface area contributed by atoms with Crippen molar-refractivity contribution in [3.05, 3.63) is 68.7 Å². The lowest BCUT2D eigenvalue weighted by Crippen LogP contribution is -2.59. The molecule has 0 spiro atoms. The molecule has 2 aromatic rings. The third kappa shape index (κ3) is 3.61. The zero-order chi connectivity index (χ0) is 20.5. The molecule has 10 heteroatoms. The quantitative estimate of drug-likeness (QED) is 0.577. The van der Waals surface area contributed by atoms with Crippen LogP contribution in [0.3, 0.4) is 0 Å². The maximum atomic E-state index is 13.8. The van der Waals surface area contributed by atoms with E-state index in [-0.39, 0.29) is 13.2 Å². The van der Waals surface area contributed by atoms with Gasteiger partial charge in [0.25, 0.3) is 5.56 Å². The number of rotatable bonds is 6. The van der Waals surface area contributed by atoms with Crippen LogP contribution < -0.4 is 11.2 Å². The van der Waals surface area contributed by atoms with Crippen molar-refractivity contribution in [3.63, 3.8) is 0 Å². The van der Waals surface area contributed by atoms with Crippen LogP contribution in [0.4, 0.5) is 4.39 Å². The van der Waals surface area contributed by atoms with Gasteiger partial charge in [0.15, 0.2) is 5.35 Å². The second-order valence-corrected chi connectivity index (χ2v) is 9.61. The van der Waals surface area contributed by atoms with Crippen molar-refractivity contribution >= 4 is 8.80 Å². The van der Waals surface area contributed by atoms with Crippen LogP contribution in [0.2, 0.25) is 13.1 Å². The second kappa shape index (κ2) is 8.09. The van der Waals surface area contributed by atoms with Crippen molar-refractivity contribution in [1.29, 1.82) is 0 Å². The van der Waals surface area contributed by atoms with Crippen molar-refractivity contribution in [2.75, 3.05) is 6.61 Å². The van der Waals surface area contributed by atoms with Crippen LogP contribution in [0, 0.1) is 5.82 Å². The van der Waals surface area contributed by atoms with Gasteiger partial charge < -0.3 is 19.7 Å². The van der Waals surface area contributed by atoms with E-state index in [4.69, 9.17) is 9.47 Å². The van der Waals surface area contributed by atoms with Crippen LogP contribution >= 0.6 is 0 Å². The first-order chi connectivity index (χ1) is 13.3. The monoisotopic (exact) mass is 409 g/mol. The largest absolute Gasteiger partial charge is 0.387 e. The third-order valence-electron chi connectivity index (χ3n) is 4.80. The Morgan fingerprint density at radius 1 is 1.29 bits per heavy atom. The van der Waals surface area contributed by atoms with Crippen molar-refractivity contribution in [2.45, 2.75) is 43.4 Å². The van der Waals surface area contributed by atoms with Crippen LogP contribution in [-0.4, -0.2) is 53.5 Å². The molecule has 0 bridgehead atoms. The molecule has 0 amide bonds. The van der Waals surface area contributed by atoms with Crippen LogP contribution in [-0.2, 0) is 21.4 Å². The highest BCUT2D eigenvalue weighted by Crippen LogP contribution is 2.37. The highest BCUT2D eigenvalue weighted by Gasteiger charge is 2.58. The van der Waals surface area contributed by atoms with E-state index < -0.39 is 49.5 Å². The molecule has 8 nitrogen and oxygen atoms in total. The van der Waals surface area contributed by atoms with E-state index in [0.717, 1.165) is 10.1 Å². The standard InChI is InChI=1S/C18H22FN2O6Si/c1-28(2)18(21-8-12(19)16(24)20-17(21)25)15(23)14(22)13(27-18)10-26-9-11-6-4-3-5-7-11/h3-8,13-15,22-23H,9-10H2,1-2H3,(H,20,24,25)/t13-,14-,15-,18+/m1/s1. The lowest BCUT2D eigenvalue weighted by molar-refractivity contribution is -0.103. The van der Waals surface area contributed by atoms with Gasteiger partial charge in [-0.3, -0.25) is 14.3 Å². The van der Waals surface area contributed by atoms with Crippen LogP contribution in [0.5, 0.6) is 0 Å². The van der Waals surface area contributed by atoms with Crippen molar-refractivity contribution < 1.29 is 24.1 Å². The molecule has 1 saturated heterocycles. The van der Waals surface area contributed by atoms with E-state index in [1.165, 1.54) is 0 Å². The summed E-state index contributed by atoms with van der Waals surface area (Å²) in [5.74, 6) is -1.18. The SMILES string of the molecule is C[Si](C)[C@@]1(n2cc(F)c(=O)[nH]c2=O)O[C@H](COCc2ccccc2)[C@@H](O)[C@H]1O. The Hall–Kier alpha value is -2.11. The summed E-state index contributed by atoms with van der Waals surface area (Å²) in [5.41, 5.74) is -1.15. The molecule has 0 saturated carbocycles. The van der Waals surface area contributed by atoms with Crippen LogP contribution in [0.25, 0.3) is 0 Å². The minimum Gasteiger partial charge on any atom is -0.387 e. The predicted molar refractivity (Wildman–Crippen MR) is 99.7 cm³/mol. The average molecular weight is 409 g/mol. The number of hydrogen-bond donors (Lipinski definition) is 3. The summed E-state index contributed by atoms with van der Waals surface area (Å²) < 4.78 is 26.2. The predicted octanol–water partition coefficient (Wildman–Crippen LogP) is -0.0405. The molecule has 0 aliphatic carbocycles. The Bertz CT molecular complexity index is 934. The number of ether oxygens (including phenoxy) is 2. The minimum atomic E-state index is -1.68. The number of halogens is 1. The lowest BCUT2D eigenvalue weighted by Gasteiger charge is -2.36. The van der Waals surface area contributed by atoms with Gasteiger partial charge in [0, 0.05) is 0 Å². The number of benzene rings is 1. The zero-order valence-electron chi connectivity index (χ0n) is 15.5. The van der Waals surface area contributed by atoms with Gasteiger partial charge in [0.05, 0.1) is 19.4 Å². The number of aliphatic hydroxyl groups excluding tert-OH is 2. The highest BCUT2D eigenvalue weighted by atomic mass is 28.3. The van der Waals surface area contributed by atoms with Gasteiger partial charge in [0.2, 0.25) is 5.82 Å². The van der Waals surface area contributed by atoms with E-state index in [2.05, 4.69) is 0 Å². The summed E-state index contributed by atoms with van der Waals surface area (Å²) in [5, 5.41) is 19.6. The van der Waals surface area contributed by atoms with Crippen LogP contribution in [0.1, 0.15) is 5.56 Å². The average Bonchev–Trinajstić information content (AvgIpc) is 2.92. The molecule has 151 valence electrons. The van der Waals surface area contributed by atoms with Gasteiger partial charge in [0.1, 0.15) is 27.1 Å². The topological polar surface area (TPSA) is 114 Å². The summed E-state index contributed by atoms with van der Waals surface area (Å²) in [6, 6.07) is 9.38. The highest BCUT2D eigenvalue weighted by molar-refractivity contribution is 6.58. The Morgan fingerprint density at radius 3 is 2.61 bits per heavy atom. The molecule has 1 aliphatic rings. The Balaban J connectivity index is 1.86. The molecule has 1 aromatic carbocycles. The van der Waals surface area contributed by atoms with E-state index >= 15 is 0 Å². The van der Waals surface area contributed by atoms with Crippen molar-refractivity contribution in [2.24, 2.45) is 0 Å². The molecule has 1 radical (unpaired) electrons. The molecule has 3 rings (SSSR count). The molecule has 28 heavy (non-hydrogen) atoms. The molecular weight excluding hydrogens is 387 g/mol. The number of hydrogen-bond acceptors (Lipinski definition) is 6. The Morgan fingerprint density at radius 2 is 1.96 bits per heavy atom. The third-order valence-corrected chi connectivity index (χ3v) is 6.89. The number of nitrogens with zero attached hydrogens (tertiary/aromatic N) is 1. The normalized spacial score (nSPS) is 27.4. The zero-order valence-corrected chi connectivity index (χ0v) is 16.5. The number of aliphatic hydroxyl groups is 2. The van der Waals surface area contributed by atoms with Crippen molar-refractivity contribution in [1.82, 2.24) is 9.55 Å². The summed E-state index contributed by atoms with van der Waals surface area (Å²) >= 11 is 0. The fourth-order valence-corrected chi connectivity index (χ4v) is 5.15. The summed E-state index contributed by atoms with van der Waals surface area (Å²) in [6.45, 7) is 3.75. The molecule has 4 atom stereocenters. The summed E-state index contributed by atoms with van der Waals surface area (Å²) in [6.07, 6.45) is -3.06. The van der Waals surface area contributed by atoms with E-state index in [1.807, 2.05) is 35.3 Å². The Kier molecular flexibility index (Phi) is 5.96. The molecule has 3 N–H and O–H groups in total. The molecule has 1 aromatic heterocycles. The van der Waals surface area contributed by atoms with Gasteiger partial charge in [-0.2, -0.15) is 4.39 Å². The van der Waals surface area contributed by atoms with Gasteiger partial charge in [-0.25, -0.2) is 4.79 Å². The second-order valence-electron chi connectivity index (χ2n) is 6.90. The minimum absolute atomic E-state index is 0.0371. The number of aromatic amines is 1. The van der Waals surface area contributed by atoms with Gasteiger partial charge in [-0.05, 0) is 5.56 Å². The maximum Gasteiger partial charge on any atom is 0.330 e. The number of aromatic nitrogens is 2. The molecule has 1 fully saturated rings. The van der Waals surface area contributed by atoms with Crippen LogP contribution in [0.15, 0.2) is 46.1 Å². The number of nitrogens with one attached hydrogen (secondary N) is 1. The first-order valence-corrected chi connectivity index (χ1v) is 11.3. The molecule has 0 unspecified atom stereocenters. The molecule has 1 aliphatic heterocycles. The lowest BCUT2D eigenvalue weighted by atomic mass is 10.1. The summed E-state index contributed by atoms with van der Waals surface area (Å²) in [4.78, 5) is 25.5. The first kappa shape index (κ1) is 20.6. The molecule has 2 heterocycles. The molecular formula is C18H22FN2O6Si. The van der Waals surface area contributed by atoms with E-state index in [9.17, 15) is 24.2 Å². The van der Waals surface area contributed by atoms with Crippen molar-refractivity contribution in [3.8, 4) is 0 Å². The fraction of sp³-hybridized carbons (Fsp3) is 0.444. The first-order valence-electron chi connectivity index (χ1n) is 8.75. The maximum absolute atomic E-state index is 13.8. The smallest absolute Gasteiger partial charge is 0.330 e. The Labute approximate surface area is 161 Å². The number of H-pyrrole nitrogens is 1. The van der Waals surface area contributed by atoms with E-state index in [0.29, 0.717) is 6.20 Å². The van der Waals surface area contributed by atoms with Gasteiger partial charge in [-0.15, -0.1) is 0 Å². The van der Waals surface area contributed by atoms with Gasteiger partial charge in [-0.1, -0.05) is 43.4 Å². The van der Waals surface area contributed by atoms with Gasteiger partial charge >= 0.3 is 5.69 Å². The van der Waals surface area contributed by atoms with E-state index in [1.54, 1.807) is 13.1 Å².